The molecule has 0 radical (unpaired) electrons. The second-order valence-electron chi connectivity index (χ2n) is 6.07. The quantitative estimate of drug-likeness (QED) is 0.914. The van der Waals surface area contributed by atoms with Crippen LogP contribution >= 0.6 is 11.5 Å². The second kappa shape index (κ2) is 5.49. The van der Waals surface area contributed by atoms with Gasteiger partial charge in [-0.05, 0) is 37.0 Å². The molecule has 1 aromatic rings. The molecule has 2 heterocycles. The molecule has 0 saturated carbocycles. The van der Waals surface area contributed by atoms with Gasteiger partial charge < -0.3 is 5.32 Å². The largest absolute Gasteiger partial charge is 0.307 e. The van der Waals surface area contributed by atoms with Crippen LogP contribution in [0.5, 0.6) is 0 Å². The maximum Gasteiger partial charge on any atom is 0.154 e. The molecule has 1 aromatic heterocycles. The van der Waals surface area contributed by atoms with Crippen LogP contribution in [0.15, 0.2) is 6.07 Å². The van der Waals surface area contributed by atoms with Crippen LogP contribution in [0, 0.1) is 0 Å². The summed E-state index contributed by atoms with van der Waals surface area (Å²) in [4.78, 5) is 13.2. The molecule has 2 rings (SSSR count). The summed E-state index contributed by atoms with van der Waals surface area (Å²) in [6, 6.07) is 2.16. The minimum absolute atomic E-state index is 0.0685. The van der Waals surface area contributed by atoms with E-state index in [1.807, 2.05) is 0 Å². The summed E-state index contributed by atoms with van der Waals surface area (Å²) in [6.07, 6.45) is 3.88. The number of carbonyl (C=O) groups is 1. The summed E-state index contributed by atoms with van der Waals surface area (Å²) in [5.41, 5.74) is 1.16. The van der Waals surface area contributed by atoms with Gasteiger partial charge in [-0.1, -0.05) is 27.2 Å². The molecule has 1 saturated heterocycles. The molecule has 0 aromatic carbocycles. The Kier molecular flexibility index (Phi) is 4.17. The van der Waals surface area contributed by atoms with Gasteiger partial charge in [0, 0.05) is 16.7 Å². The first-order valence-electron chi connectivity index (χ1n) is 6.69. The van der Waals surface area contributed by atoms with E-state index in [-0.39, 0.29) is 11.5 Å². The summed E-state index contributed by atoms with van der Waals surface area (Å²) in [5, 5.41) is 3.31. The SMILES string of the molecule is CC(C)(C)c1cc(CC(=O)[C@@H]2CCCCN2)sn1. The van der Waals surface area contributed by atoms with E-state index in [9.17, 15) is 4.79 Å². The predicted molar refractivity (Wildman–Crippen MR) is 75.2 cm³/mol. The summed E-state index contributed by atoms with van der Waals surface area (Å²) < 4.78 is 4.45. The number of Topliss-reactive ketones (excluding diaryl/α,β-unsaturated/α-hetero) is 1. The Hall–Kier alpha value is -0.740. The van der Waals surface area contributed by atoms with Crippen LogP contribution in [0.3, 0.4) is 0 Å². The average Bonchev–Trinajstić information content (AvgIpc) is 2.78. The minimum atomic E-state index is 0.0685. The topological polar surface area (TPSA) is 42.0 Å². The van der Waals surface area contributed by atoms with Crippen molar-refractivity contribution in [3.8, 4) is 0 Å². The number of hydrogen-bond donors (Lipinski definition) is 1. The zero-order valence-corrected chi connectivity index (χ0v) is 12.3. The lowest BCUT2D eigenvalue weighted by atomic mass is 9.92. The third-order valence-corrected chi connectivity index (χ3v) is 4.16. The molecular formula is C14H22N2OS. The lowest BCUT2D eigenvalue weighted by molar-refractivity contribution is -0.120. The van der Waals surface area contributed by atoms with Gasteiger partial charge in [0.05, 0.1) is 11.7 Å². The standard InChI is InChI=1S/C14H22N2OS/c1-14(2,3)13-9-10(18-16-13)8-12(17)11-6-4-5-7-15-11/h9,11,15H,4-8H2,1-3H3/t11-/m0/s1. The van der Waals surface area contributed by atoms with Crippen LogP contribution in [-0.4, -0.2) is 22.7 Å². The maximum absolute atomic E-state index is 12.1. The minimum Gasteiger partial charge on any atom is -0.307 e. The van der Waals surface area contributed by atoms with Gasteiger partial charge in [-0.2, -0.15) is 4.37 Å². The van der Waals surface area contributed by atoms with Crippen LogP contribution in [0.25, 0.3) is 0 Å². The molecule has 1 fully saturated rings. The third-order valence-electron chi connectivity index (χ3n) is 3.37. The van der Waals surface area contributed by atoms with E-state index in [1.165, 1.54) is 24.4 Å². The molecule has 1 aliphatic heterocycles. The van der Waals surface area contributed by atoms with Gasteiger partial charge in [-0.15, -0.1) is 0 Å². The summed E-state index contributed by atoms with van der Waals surface area (Å²) in [6.45, 7) is 7.43. The summed E-state index contributed by atoms with van der Waals surface area (Å²) in [7, 11) is 0. The summed E-state index contributed by atoms with van der Waals surface area (Å²) >= 11 is 1.47. The molecule has 1 N–H and O–H groups in total. The van der Waals surface area contributed by atoms with Crippen molar-refractivity contribution in [3.63, 3.8) is 0 Å². The van der Waals surface area contributed by atoms with E-state index in [0.29, 0.717) is 12.2 Å². The number of ketones is 1. The Labute approximate surface area is 113 Å². The fourth-order valence-electron chi connectivity index (χ4n) is 2.17. The highest BCUT2D eigenvalue weighted by molar-refractivity contribution is 7.05. The van der Waals surface area contributed by atoms with Crippen LogP contribution < -0.4 is 5.32 Å². The Morgan fingerprint density at radius 1 is 1.50 bits per heavy atom. The lowest BCUT2D eigenvalue weighted by Crippen LogP contribution is -2.41. The normalized spacial score (nSPS) is 20.9. The number of nitrogens with zero attached hydrogens (tertiary/aromatic N) is 1. The third kappa shape index (κ3) is 3.39. The van der Waals surface area contributed by atoms with Crippen molar-refractivity contribution < 1.29 is 4.79 Å². The molecule has 4 heteroatoms. The monoisotopic (exact) mass is 266 g/mol. The predicted octanol–water partition coefficient (Wildman–Crippen LogP) is 2.69. The Morgan fingerprint density at radius 3 is 2.83 bits per heavy atom. The molecule has 0 unspecified atom stereocenters. The van der Waals surface area contributed by atoms with Crippen molar-refractivity contribution >= 4 is 17.3 Å². The summed E-state index contributed by atoms with van der Waals surface area (Å²) in [5.74, 6) is 0.318. The van der Waals surface area contributed by atoms with Gasteiger partial charge in [0.15, 0.2) is 5.78 Å². The van der Waals surface area contributed by atoms with Gasteiger partial charge in [-0.25, -0.2) is 0 Å². The number of carbonyl (C=O) groups excluding carboxylic acids is 1. The second-order valence-corrected chi connectivity index (χ2v) is 6.96. The first-order chi connectivity index (χ1) is 8.47. The average molecular weight is 266 g/mol. The highest BCUT2D eigenvalue weighted by Gasteiger charge is 2.23. The van der Waals surface area contributed by atoms with Crippen molar-refractivity contribution in [1.29, 1.82) is 0 Å². The van der Waals surface area contributed by atoms with Crippen molar-refractivity contribution in [3.05, 3.63) is 16.6 Å². The van der Waals surface area contributed by atoms with Gasteiger partial charge in [-0.3, -0.25) is 4.79 Å². The van der Waals surface area contributed by atoms with E-state index < -0.39 is 0 Å². The fourth-order valence-corrected chi connectivity index (χ4v) is 3.08. The van der Waals surface area contributed by atoms with E-state index in [4.69, 9.17) is 0 Å². The Bertz CT molecular complexity index is 414. The number of aromatic nitrogens is 1. The molecule has 1 aliphatic rings. The molecule has 0 aliphatic carbocycles. The van der Waals surface area contributed by atoms with E-state index in [1.54, 1.807) is 0 Å². The Balaban J connectivity index is 1.96. The smallest absolute Gasteiger partial charge is 0.154 e. The van der Waals surface area contributed by atoms with Crippen LogP contribution in [0.4, 0.5) is 0 Å². The number of hydrogen-bond acceptors (Lipinski definition) is 4. The molecule has 3 nitrogen and oxygen atoms in total. The van der Waals surface area contributed by atoms with Crippen LogP contribution in [0.2, 0.25) is 0 Å². The van der Waals surface area contributed by atoms with E-state index >= 15 is 0 Å². The highest BCUT2D eigenvalue weighted by atomic mass is 32.1. The number of piperidine rings is 1. The highest BCUT2D eigenvalue weighted by Crippen LogP contribution is 2.24. The van der Waals surface area contributed by atoms with Crippen molar-refractivity contribution in [1.82, 2.24) is 9.69 Å². The molecular weight excluding hydrogens is 244 g/mol. The zero-order chi connectivity index (χ0) is 13.2. The fraction of sp³-hybridized carbons (Fsp3) is 0.714. The first kappa shape index (κ1) is 13.7. The molecule has 0 bridgehead atoms. The lowest BCUT2D eigenvalue weighted by Gasteiger charge is -2.21. The van der Waals surface area contributed by atoms with Crippen molar-refractivity contribution in [2.24, 2.45) is 0 Å². The number of nitrogens with one attached hydrogen (secondary N) is 1. The molecule has 100 valence electrons. The number of rotatable bonds is 3. The zero-order valence-electron chi connectivity index (χ0n) is 11.5. The van der Waals surface area contributed by atoms with E-state index in [2.05, 4.69) is 36.5 Å². The van der Waals surface area contributed by atoms with Gasteiger partial charge >= 0.3 is 0 Å². The van der Waals surface area contributed by atoms with Crippen molar-refractivity contribution in [2.45, 2.75) is 57.9 Å². The molecule has 0 spiro atoms. The maximum atomic E-state index is 12.1. The molecule has 1 atom stereocenters. The molecule has 0 amide bonds. The van der Waals surface area contributed by atoms with Gasteiger partial charge in [0.25, 0.3) is 0 Å². The van der Waals surface area contributed by atoms with Gasteiger partial charge in [0.2, 0.25) is 0 Å². The molecule has 18 heavy (non-hydrogen) atoms. The van der Waals surface area contributed by atoms with Crippen LogP contribution in [0.1, 0.15) is 50.6 Å². The van der Waals surface area contributed by atoms with Gasteiger partial charge in [0.1, 0.15) is 0 Å². The van der Waals surface area contributed by atoms with Crippen molar-refractivity contribution in [2.75, 3.05) is 6.54 Å². The Morgan fingerprint density at radius 2 is 2.28 bits per heavy atom. The van der Waals surface area contributed by atoms with E-state index in [0.717, 1.165) is 23.5 Å². The van der Waals surface area contributed by atoms with Crippen LogP contribution in [-0.2, 0) is 16.6 Å². The first-order valence-corrected chi connectivity index (χ1v) is 7.46.